The van der Waals surface area contributed by atoms with Crippen molar-refractivity contribution in [2.24, 2.45) is 0 Å². The summed E-state index contributed by atoms with van der Waals surface area (Å²) in [6, 6.07) is 15.4. The molecule has 2 aromatic rings. The van der Waals surface area contributed by atoms with Gasteiger partial charge in [0.25, 0.3) is 5.91 Å². The lowest BCUT2D eigenvalue weighted by Crippen LogP contribution is -2.27. The van der Waals surface area contributed by atoms with E-state index >= 15 is 0 Å². The van der Waals surface area contributed by atoms with E-state index in [9.17, 15) is 4.79 Å². The first kappa shape index (κ1) is 30.2. The number of amides is 1. The molecule has 0 atom stereocenters. The summed E-state index contributed by atoms with van der Waals surface area (Å²) in [5.74, 6) is 1.53. The Morgan fingerprint density at radius 1 is 0.789 bits per heavy atom. The lowest BCUT2D eigenvalue weighted by atomic mass is 10.2. The summed E-state index contributed by atoms with van der Waals surface area (Å²) in [6.45, 7) is 16.4. The highest BCUT2D eigenvalue weighted by Gasteiger charge is 2.33. The minimum atomic E-state index is -0.107. The maximum Gasteiger partial charge on any atom is 0.270 e. The van der Waals surface area contributed by atoms with Crippen LogP contribution in [-0.2, 0) is 4.79 Å². The fourth-order valence-corrected chi connectivity index (χ4v) is 5.53. The van der Waals surface area contributed by atoms with Crippen molar-refractivity contribution >= 4 is 46.0 Å². The molecule has 1 amide bonds. The molecule has 2 aromatic carbocycles. The molecule has 6 nitrogen and oxygen atoms in total. The maximum absolute atomic E-state index is 13.2. The second kappa shape index (κ2) is 15.9. The summed E-state index contributed by atoms with van der Waals surface area (Å²) in [4.78, 5) is 20.1. The van der Waals surface area contributed by atoms with E-state index in [1.54, 1.807) is 4.90 Å². The summed E-state index contributed by atoms with van der Waals surface area (Å²) < 4.78 is 12.3. The highest BCUT2D eigenvalue weighted by atomic mass is 32.2. The van der Waals surface area contributed by atoms with E-state index < -0.39 is 0 Å². The number of nitrogens with zero attached hydrogens (tertiary/aromatic N) is 3. The summed E-state index contributed by atoms with van der Waals surface area (Å²) in [5.41, 5.74) is 1.69. The molecule has 8 heteroatoms. The Morgan fingerprint density at radius 2 is 1.26 bits per heavy atom. The van der Waals surface area contributed by atoms with Gasteiger partial charge in [-0.1, -0.05) is 63.8 Å². The summed E-state index contributed by atoms with van der Waals surface area (Å²) in [6.07, 6.45) is 3.86. The predicted molar refractivity (Wildman–Crippen MR) is 164 cm³/mol. The van der Waals surface area contributed by atoms with Gasteiger partial charge >= 0.3 is 0 Å². The first-order valence-corrected chi connectivity index (χ1v) is 14.9. The van der Waals surface area contributed by atoms with Gasteiger partial charge in [0.1, 0.15) is 11.5 Å². The van der Waals surface area contributed by atoms with Crippen molar-refractivity contribution in [3.63, 3.8) is 0 Å². The molecule has 1 fully saturated rings. The van der Waals surface area contributed by atoms with Crippen LogP contribution in [0, 0.1) is 0 Å². The van der Waals surface area contributed by atoms with Gasteiger partial charge in [-0.15, -0.1) is 0 Å². The average Bonchev–Trinajstić information content (AvgIpc) is 3.22. The van der Waals surface area contributed by atoms with Crippen LogP contribution in [0.2, 0.25) is 0 Å². The monoisotopic (exact) mass is 555 g/mol. The average molecular weight is 556 g/mol. The van der Waals surface area contributed by atoms with Crippen molar-refractivity contribution in [2.75, 3.05) is 57.4 Å². The molecule has 0 aliphatic carbocycles. The summed E-state index contributed by atoms with van der Waals surface area (Å²) in [7, 11) is 0. The number of anilines is 1. The van der Waals surface area contributed by atoms with Crippen molar-refractivity contribution in [3.05, 3.63) is 59.0 Å². The molecule has 0 aromatic heterocycles. The molecule has 206 valence electrons. The molecule has 1 aliphatic rings. The van der Waals surface area contributed by atoms with E-state index in [0.717, 1.165) is 74.9 Å². The molecule has 1 aliphatic heterocycles. The van der Waals surface area contributed by atoms with Crippen molar-refractivity contribution in [1.29, 1.82) is 0 Å². The molecule has 0 radical (unpaired) electrons. The van der Waals surface area contributed by atoms with Gasteiger partial charge in [-0.05, 0) is 87.1 Å². The standard InChI is InChI=1S/C30H41N3O3S2/c1-5-31(6-2)19-9-21-35-26-15-11-24(12-16-26)23-28-29(34)33(30(37)38-28)25-13-17-27(18-14-25)36-22-10-20-32(7-3)8-4/h11-18,23H,5-10,19-22H2,1-4H3. The number of benzene rings is 2. The van der Waals surface area contributed by atoms with Gasteiger partial charge in [0, 0.05) is 13.1 Å². The van der Waals surface area contributed by atoms with Crippen LogP contribution >= 0.6 is 24.0 Å². The zero-order valence-electron chi connectivity index (χ0n) is 23.2. The molecular weight excluding hydrogens is 514 g/mol. The largest absolute Gasteiger partial charge is 0.494 e. The number of thiocarbonyl (C=S) groups is 1. The molecule has 0 N–H and O–H groups in total. The van der Waals surface area contributed by atoms with E-state index in [1.165, 1.54) is 11.8 Å². The third kappa shape index (κ3) is 8.83. The van der Waals surface area contributed by atoms with Crippen molar-refractivity contribution < 1.29 is 14.3 Å². The molecule has 38 heavy (non-hydrogen) atoms. The second-order valence-corrected chi connectivity index (χ2v) is 10.7. The third-order valence-electron chi connectivity index (χ3n) is 6.63. The van der Waals surface area contributed by atoms with Gasteiger partial charge in [-0.3, -0.25) is 9.69 Å². The molecule has 3 rings (SSSR count). The molecular formula is C30H41N3O3S2. The van der Waals surface area contributed by atoms with E-state index in [0.29, 0.717) is 22.4 Å². The number of carbonyl (C=O) groups is 1. The van der Waals surface area contributed by atoms with Gasteiger partial charge in [0.15, 0.2) is 4.32 Å². The molecule has 0 saturated carbocycles. The quantitative estimate of drug-likeness (QED) is 0.137. The van der Waals surface area contributed by atoms with Crippen LogP contribution in [0.1, 0.15) is 46.1 Å². The highest BCUT2D eigenvalue weighted by Crippen LogP contribution is 2.36. The number of hydrogen-bond donors (Lipinski definition) is 0. The van der Waals surface area contributed by atoms with Crippen LogP contribution in [0.4, 0.5) is 5.69 Å². The van der Waals surface area contributed by atoms with E-state index in [4.69, 9.17) is 21.7 Å². The third-order valence-corrected chi connectivity index (χ3v) is 7.93. The number of thioether (sulfide) groups is 1. The lowest BCUT2D eigenvalue weighted by molar-refractivity contribution is -0.113. The van der Waals surface area contributed by atoms with Gasteiger partial charge in [0.2, 0.25) is 0 Å². The van der Waals surface area contributed by atoms with E-state index in [2.05, 4.69) is 37.5 Å². The zero-order chi connectivity index (χ0) is 27.3. The number of rotatable bonds is 16. The molecule has 0 bridgehead atoms. The predicted octanol–water partition coefficient (Wildman–Crippen LogP) is 6.31. The second-order valence-electron chi connectivity index (χ2n) is 9.04. The van der Waals surface area contributed by atoms with Gasteiger partial charge < -0.3 is 19.3 Å². The minimum absolute atomic E-state index is 0.107. The maximum atomic E-state index is 13.2. The Hall–Kier alpha value is -2.39. The normalized spacial score (nSPS) is 14.8. The smallest absolute Gasteiger partial charge is 0.270 e. The molecule has 1 saturated heterocycles. The number of carbonyl (C=O) groups excluding carboxylic acids is 1. The SMILES string of the molecule is CCN(CC)CCCOc1ccc(C=C2SC(=S)N(c3ccc(OCCCN(CC)CC)cc3)C2=O)cc1. The topological polar surface area (TPSA) is 45.2 Å². The Kier molecular flexibility index (Phi) is 12.6. The Bertz CT molecular complexity index is 1050. The Morgan fingerprint density at radius 3 is 1.74 bits per heavy atom. The Labute approximate surface area is 238 Å². The minimum Gasteiger partial charge on any atom is -0.494 e. The van der Waals surface area contributed by atoms with E-state index in [-0.39, 0.29) is 5.91 Å². The zero-order valence-corrected chi connectivity index (χ0v) is 24.8. The molecule has 0 spiro atoms. The fourth-order valence-electron chi connectivity index (χ4n) is 4.23. The van der Waals surface area contributed by atoms with Crippen LogP contribution in [0.15, 0.2) is 53.4 Å². The highest BCUT2D eigenvalue weighted by molar-refractivity contribution is 8.27. The van der Waals surface area contributed by atoms with Crippen LogP contribution < -0.4 is 14.4 Å². The summed E-state index contributed by atoms with van der Waals surface area (Å²) >= 11 is 6.87. The van der Waals surface area contributed by atoms with Crippen LogP contribution in [0.3, 0.4) is 0 Å². The molecule has 0 unspecified atom stereocenters. The van der Waals surface area contributed by atoms with Crippen LogP contribution in [0.5, 0.6) is 11.5 Å². The van der Waals surface area contributed by atoms with Gasteiger partial charge in [-0.2, -0.15) is 0 Å². The van der Waals surface area contributed by atoms with Gasteiger partial charge in [-0.25, -0.2) is 0 Å². The fraction of sp³-hybridized carbons (Fsp3) is 0.467. The lowest BCUT2D eigenvalue weighted by Gasteiger charge is -2.18. The first-order chi connectivity index (χ1) is 18.5. The van der Waals surface area contributed by atoms with Crippen molar-refractivity contribution in [3.8, 4) is 11.5 Å². The number of hydrogen-bond acceptors (Lipinski definition) is 7. The van der Waals surface area contributed by atoms with Crippen molar-refractivity contribution in [1.82, 2.24) is 9.80 Å². The first-order valence-electron chi connectivity index (χ1n) is 13.7. The van der Waals surface area contributed by atoms with Crippen molar-refractivity contribution in [2.45, 2.75) is 40.5 Å². The van der Waals surface area contributed by atoms with Crippen LogP contribution in [0.25, 0.3) is 6.08 Å². The Balaban J connectivity index is 1.52. The van der Waals surface area contributed by atoms with Gasteiger partial charge in [0.05, 0.1) is 23.8 Å². The number of ether oxygens (including phenoxy) is 2. The van der Waals surface area contributed by atoms with Crippen LogP contribution in [-0.4, -0.2) is 72.5 Å². The molecule has 1 heterocycles. The summed E-state index contributed by atoms with van der Waals surface area (Å²) in [5, 5.41) is 0. The van der Waals surface area contributed by atoms with E-state index in [1.807, 2.05) is 54.6 Å².